The number of aliphatic carboxylic acids is 1. The van der Waals surface area contributed by atoms with Gasteiger partial charge in [-0.1, -0.05) is 18.9 Å². The van der Waals surface area contributed by atoms with Crippen LogP contribution in [0, 0.1) is 0 Å². The van der Waals surface area contributed by atoms with E-state index in [4.69, 9.17) is 10.2 Å². The van der Waals surface area contributed by atoms with Crippen LogP contribution >= 0.6 is 0 Å². The molecule has 1 aliphatic rings. The predicted octanol–water partition coefficient (Wildman–Crippen LogP) is 0.864. The van der Waals surface area contributed by atoms with E-state index >= 15 is 0 Å². The second kappa shape index (κ2) is 6.58. The summed E-state index contributed by atoms with van der Waals surface area (Å²) in [5.74, 6) is -0.912. The van der Waals surface area contributed by atoms with Gasteiger partial charge in [-0.3, -0.25) is 4.90 Å². The Balaban J connectivity index is 2.38. The van der Waals surface area contributed by atoms with Gasteiger partial charge >= 0.3 is 5.97 Å². The molecule has 0 aromatic carbocycles. The van der Waals surface area contributed by atoms with Crippen LogP contribution in [0.1, 0.15) is 25.7 Å². The summed E-state index contributed by atoms with van der Waals surface area (Å²) in [5.41, 5.74) is 0. The van der Waals surface area contributed by atoms with Crippen molar-refractivity contribution >= 4 is 5.97 Å². The summed E-state index contributed by atoms with van der Waals surface area (Å²) in [6, 6.07) is 0.524. The molecule has 0 heterocycles. The predicted molar refractivity (Wildman–Crippen MR) is 57.7 cm³/mol. The fourth-order valence-electron chi connectivity index (χ4n) is 2.11. The highest BCUT2D eigenvalue weighted by Gasteiger charge is 2.20. The highest BCUT2D eigenvalue weighted by atomic mass is 16.4. The fraction of sp³-hybridized carbons (Fsp3) is 0.727. The minimum Gasteiger partial charge on any atom is -0.478 e. The third-order valence-electron chi connectivity index (χ3n) is 2.83. The van der Waals surface area contributed by atoms with Crippen molar-refractivity contribution in [1.82, 2.24) is 4.90 Å². The van der Waals surface area contributed by atoms with E-state index in [0.29, 0.717) is 19.1 Å². The van der Waals surface area contributed by atoms with Crippen LogP contribution in [0.2, 0.25) is 0 Å². The number of carboxylic acids is 1. The summed E-state index contributed by atoms with van der Waals surface area (Å²) in [6.45, 7) is 1.39. The SMILES string of the molecule is O=C(O)C=CCN(CCO)C1CCCC1. The Morgan fingerprint density at radius 2 is 2.07 bits per heavy atom. The van der Waals surface area contributed by atoms with Gasteiger partial charge in [0.25, 0.3) is 0 Å². The summed E-state index contributed by atoms with van der Waals surface area (Å²) < 4.78 is 0. The second-order valence-electron chi connectivity index (χ2n) is 3.90. The summed E-state index contributed by atoms with van der Waals surface area (Å²) in [5, 5.41) is 17.4. The first-order valence-corrected chi connectivity index (χ1v) is 5.48. The van der Waals surface area contributed by atoms with Gasteiger partial charge in [0, 0.05) is 25.2 Å². The molecule has 4 nitrogen and oxygen atoms in total. The zero-order chi connectivity index (χ0) is 11.1. The van der Waals surface area contributed by atoms with Crippen molar-refractivity contribution in [2.24, 2.45) is 0 Å². The monoisotopic (exact) mass is 213 g/mol. The summed E-state index contributed by atoms with van der Waals surface area (Å²) in [6.07, 6.45) is 7.64. The first kappa shape index (κ1) is 12.2. The van der Waals surface area contributed by atoms with Crippen molar-refractivity contribution in [2.75, 3.05) is 19.7 Å². The number of hydrogen-bond acceptors (Lipinski definition) is 3. The van der Waals surface area contributed by atoms with Crippen molar-refractivity contribution in [1.29, 1.82) is 0 Å². The number of hydrogen-bond donors (Lipinski definition) is 2. The fourth-order valence-corrected chi connectivity index (χ4v) is 2.11. The normalized spacial score (nSPS) is 18.0. The van der Waals surface area contributed by atoms with Crippen LogP contribution in [0.5, 0.6) is 0 Å². The summed E-state index contributed by atoms with van der Waals surface area (Å²) >= 11 is 0. The lowest BCUT2D eigenvalue weighted by molar-refractivity contribution is -0.131. The van der Waals surface area contributed by atoms with Gasteiger partial charge in [-0.25, -0.2) is 4.79 Å². The van der Waals surface area contributed by atoms with Crippen molar-refractivity contribution in [3.05, 3.63) is 12.2 Å². The topological polar surface area (TPSA) is 60.8 Å². The minimum atomic E-state index is -0.912. The number of carboxylic acid groups (broad SMARTS) is 1. The second-order valence-corrected chi connectivity index (χ2v) is 3.90. The van der Waals surface area contributed by atoms with Gasteiger partial charge < -0.3 is 10.2 Å². The quantitative estimate of drug-likeness (QED) is 0.643. The van der Waals surface area contributed by atoms with Crippen molar-refractivity contribution < 1.29 is 15.0 Å². The van der Waals surface area contributed by atoms with Gasteiger partial charge in [0.2, 0.25) is 0 Å². The number of aliphatic hydroxyl groups excluding tert-OH is 1. The summed E-state index contributed by atoms with van der Waals surface area (Å²) in [4.78, 5) is 12.5. The molecule has 0 saturated heterocycles. The molecule has 1 fully saturated rings. The van der Waals surface area contributed by atoms with Gasteiger partial charge in [0.15, 0.2) is 0 Å². The molecule has 0 spiro atoms. The molecule has 0 aliphatic heterocycles. The number of rotatable bonds is 6. The van der Waals surface area contributed by atoms with Gasteiger partial charge in [-0.2, -0.15) is 0 Å². The maximum Gasteiger partial charge on any atom is 0.328 e. The Morgan fingerprint density at radius 3 is 2.60 bits per heavy atom. The molecule has 0 amide bonds. The molecule has 0 unspecified atom stereocenters. The van der Waals surface area contributed by atoms with Gasteiger partial charge in [0.1, 0.15) is 0 Å². The van der Waals surface area contributed by atoms with Gasteiger partial charge in [-0.05, 0) is 12.8 Å². The average Bonchev–Trinajstić information content (AvgIpc) is 2.68. The molecule has 4 heteroatoms. The highest BCUT2D eigenvalue weighted by Crippen LogP contribution is 2.22. The van der Waals surface area contributed by atoms with Crippen molar-refractivity contribution in [3.8, 4) is 0 Å². The third kappa shape index (κ3) is 4.44. The van der Waals surface area contributed by atoms with Crippen LogP contribution in [0.3, 0.4) is 0 Å². The summed E-state index contributed by atoms with van der Waals surface area (Å²) in [7, 11) is 0. The van der Waals surface area contributed by atoms with Crippen molar-refractivity contribution in [2.45, 2.75) is 31.7 Å². The maximum atomic E-state index is 10.3. The number of nitrogens with zero attached hydrogens (tertiary/aromatic N) is 1. The molecule has 1 rings (SSSR count). The molecule has 1 aliphatic carbocycles. The molecule has 0 radical (unpaired) electrons. The minimum absolute atomic E-state index is 0.136. The molecule has 1 saturated carbocycles. The van der Waals surface area contributed by atoms with E-state index in [1.165, 1.54) is 31.8 Å². The Bertz CT molecular complexity index is 222. The molecule has 0 aromatic heterocycles. The highest BCUT2D eigenvalue weighted by molar-refractivity contribution is 5.79. The smallest absolute Gasteiger partial charge is 0.328 e. The van der Waals surface area contributed by atoms with E-state index in [2.05, 4.69) is 4.90 Å². The standard InChI is InChI=1S/C11H19NO3/c13-9-8-12(7-3-6-11(14)15)10-4-1-2-5-10/h3,6,10,13H,1-2,4-5,7-9H2,(H,14,15). The van der Waals surface area contributed by atoms with Crippen LogP contribution in [-0.2, 0) is 4.79 Å². The molecule has 2 N–H and O–H groups in total. The number of aliphatic hydroxyl groups is 1. The van der Waals surface area contributed by atoms with E-state index in [-0.39, 0.29) is 6.61 Å². The zero-order valence-corrected chi connectivity index (χ0v) is 8.93. The number of carbonyl (C=O) groups is 1. The molecular formula is C11H19NO3. The van der Waals surface area contributed by atoms with Crippen LogP contribution in [-0.4, -0.2) is 46.8 Å². The van der Waals surface area contributed by atoms with Gasteiger partial charge in [-0.15, -0.1) is 0 Å². The molecule has 0 bridgehead atoms. The van der Waals surface area contributed by atoms with E-state index in [1.807, 2.05) is 0 Å². The lowest BCUT2D eigenvalue weighted by Gasteiger charge is -2.26. The molecule has 15 heavy (non-hydrogen) atoms. The molecular weight excluding hydrogens is 194 g/mol. The average molecular weight is 213 g/mol. The van der Waals surface area contributed by atoms with Crippen LogP contribution in [0.25, 0.3) is 0 Å². The van der Waals surface area contributed by atoms with E-state index in [0.717, 1.165) is 0 Å². The first-order chi connectivity index (χ1) is 7.24. The van der Waals surface area contributed by atoms with Crippen LogP contribution in [0.15, 0.2) is 12.2 Å². The Hall–Kier alpha value is -0.870. The van der Waals surface area contributed by atoms with Crippen LogP contribution in [0.4, 0.5) is 0 Å². The maximum absolute atomic E-state index is 10.3. The molecule has 86 valence electrons. The van der Waals surface area contributed by atoms with E-state index in [9.17, 15) is 4.79 Å². The Labute approximate surface area is 90.2 Å². The Morgan fingerprint density at radius 1 is 1.40 bits per heavy atom. The van der Waals surface area contributed by atoms with Crippen LogP contribution < -0.4 is 0 Å². The molecule has 0 atom stereocenters. The lowest BCUT2D eigenvalue weighted by Crippen LogP contribution is -2.35. The third-order valence-corrected chi connectivity index (χ3v) is 2.83. The van der Waals surface area contributed by atoms with E-state index in [1.54, 1.807) is 6.08 Å². The van der Waals surface area contributed by atoms with Gasteiger partial charge in [0.05, 0.1) is 6.61 Å². The van der Waals surface area contributed by atoms with Crippen molar-refractivity contribution in [3.63, 3.8) is 0 Å². The lowest BCUT2D eigenvalue weighted by atomic mass is 10.2. The zero-order valence-electron chi connectivity index (χ0n) is 8.93. The molecule has 0 aromatic rings. The largest absolute Gasteiger partial charge is 0.478 e. The van der Waals surface area contributed by atoms with E-state index < -0.39 is 5.97 Å². The Kier molecular flexibility index (Phi) is 5.36. The first-order valence-electron chi connectivity index (χ1n) is 5.48.